The van der Waals surface area contributed by atoms with Gasteiger partial charge in [0.25, 0.3) is 5.91 Å². The van der Waals surface area contributed by atoms with Crippen molar-refractivity contribution in [2.45, 2.75) is 25.0 Å². The summed E-state index contributed by atoms with van der Waals surface area (Å²) in [4.78, 5) is 12.1. The van der Waals surface area contributed by atoms with Gasteiger partial charge < -0.3 is 15.4 Å². The molecular weight excluding hydrogens is 228 g/mol. The molecule has 0 fully saturated rings. The van der Waals surface area contributed by atoms with E-state index in [1.165, 1.54) is 0 Å². The molecule has 0 aromatic heterocycles. The van der Waals surface area contributed by atoms with E-state index in [0.717, 1.165) is 24.3 Å². The average molecular weight is 244 g/mol. The van der Waals surface area contributed by atoms with E-state index in [-0.39, 0.29) is 11.9 Å². The van der Waals surface area contributed by atoms with E-state index in [0.29, 0.717) is 6.54 Å². The second-order valence-electron chi connectivity index (χ2n) is 4.63. The van der Waals surface area contributed by atoms with Crippen LogP contribution in [0.5, 0.6) is 5.75 Å². The number of para-hydroxylation sites is 2. The van der Waals surface area contributed by atoms with Gasteiger partial charge >= 0.3 is 0 Å². The number of carbonyl (C=O) groups is 1. The molecule has 1 atom stereocenters. The molecule has 4 heteroatoms. The Morgan fingerprint density at radius 3 is 2.89 bits per heavy atom. The van der Waals surface area contributed by atoms with Crippen molar-refractivity contribution in [2.24, 2.45) is 0 Å². The highest BCUT2D eigenvalue weighted by atomic mass is 16.5. The number of amides is 1. The quantitative estimate of drug-likeness (QED) is 0.778. The molecule has 1 aromatic carbocycles. The summed E-state index contributed by atoms with van der Waals surface area (Å²) in [5.74, 6) is 0.708. The molecule has 1 heterocycles. The highest BCUT2D eigenvalue weighted by Gasteiger charge is 2.27. The zero-order valence-electron chi connectivity index (χ0n) is 10.1. The number of hydrogen-bond acceptors (Lipinski definition) is 3. The Balaban J connectivity index is 1.63. The molecule has 0 spiro atoms. The molecule has 94 valence electrons. The Kier molecular flexibility index (Phi) is 2.92. The third kappa shape index (κ3) is 2.18. The molecule has 18 heavy (non-hydrogen) atoms. The normalized spacial score (nSPS) is 21.9. The van der Waals surface area contributed by atoms with E-state index in [1.54, 1.807) is 0 Å². The smallest absolute Gasteiger partial charge is 0.263 e. The molecule has 1 unspecified atom stereocenters. The molecule has 2 N–H and O–H groups in total. The van der Waals surface area contributed by atoms with Crippen molar-refractivity contribution < 1.29 is 9.53 Å². The predicted molar refractivity (Wildman–Crippen MR) is 69.7 cm³/mol. The standard InChI is InChI=1S/C14H16N2O2/c17-14(16-10-5-1-2-6-10)13-9-15-11-7-3-4-8-12(11)18-13/h1-4,7-8,10,13,15H,5-6,9H2,(H,16,17). The topological polar surface area (TPSA) is 50.4 Å². The summed E-state index contributed by atoms with van der Waals surface area (Å²) in [7, 11) is 0. The number of fused-ring (bicyclic) bond motifs is 1. The Labute approximate surface area is 106 Å². The van der Waals surface area contributed by atoms with Crippen molar-refractivity contribution in [1.29, 1.82) is 0 Å². The minimum absolute atomic E-state index is 0.0364. The summed E-state index contributed by atoms with van der Waals surface area (Å²) < 4.78 is 5.71. The summed E-state index contributed by atoms with van der Waals surface area (Å²) in [6.45, 7) is 0.517. The van der Waals surface area contributed by atoms with Gasteiger partial charge in [-0.25, -0.2) is 0 Å². The minimum Gasteiger partial charge on any atom is -0.477 e. The fourth-order valence-corrected chi connectivity index (χ4v) is 2.29. The molecule has 0 bridgehead atoms. The molecule has 0 saturated carbocycles. The van der Waals surface area contributed by atoms with Gasteiger partial charge in [0, 0.05) is 6.04 Å². The molecule has 4 nitrogen and oxygen atoms in total. The van der Waals surface area contributed by atoms with Gasteiger partial charge in [-0.3, -0.25) is 4.79 Å². The zero-order chi connectivity index (χ0) is 12.4. The first-order valence-electron chi connectivity index (χ1n) is 6.28. The third-order valence-electron chi connectivity index (χ3n) is 3.28. The van der Waals surface area contributed by atoms with E-state index in [4.69, 9.17) is 4.74 Å². The van der Waals surface area contributed by atoms with Crippen LogP contribution in [0.2, 0.25) is 0 Å². The molecule has 1 aliphatic heterocycles. The van der Waals surface area contributed by atoms with Gasteiger partial charge in [-0.1, -0.05) is 24.3 Å². The van der Waals surface area contributed by atoms with Crippen molar-refractivity contribution in [3.8, 4) is 5.75 Å². The van der Waals surface area contributed by atoms with Crippen molar-refractivity contribution in [2.75, 3.05) is 11.9 Å². The first kappa shape index (κ1) is 11.1. The average Bonchev–Trinajstić information content (AvgIpc) is 2.91. The van der Waals surface area contributed by atoms with Crippen LogP contribution in [0.4, 0.5) is 5.69 Å². The van der Waals surface area contributed by atoms with Crippen molar-refractivity contribution in [3.05, 3.63) is 36.4 Å². The largest absolute Gasteiger partial charge is 0.477 e. The van der Waals surface area contributed by atoms with Gasteiger partial charge in [0.05, 0.1) is 12.2 Å². The fourth-order valence-electron chi connectivity index (χ4n) is 2.29. The lowest BCUT2D eigenvalue weighted by Gasteiger charge is -2.27. The number of benzene rings is 1. The first-order chi connectivity index (χ1) is 8.83. The van der Waals surface area contributed by atoms with Gasteiger partial charge in [0.2, 0.25) is 0 Å². The van der Waals surface area contributed by atoms with Crippen LogP contribution in [0.3, 0.4) is 0 Å². The monoisotopic (exact) mass is 244 g/mol. The lowest BCUT2D eigenvalue weighted by molar-refractivity contribution is -0.128. The summed E-state index contributed by atoms with van der Waals surface area (Å²) >= 11 is 0. The van der Waals surface area contributed by atoms with E-state index < -0.39 is 6.10 Å². The van der Waals surface area contributed by atoms with Crippen LogP contribution in [0.15, 0.2) is 36.4 Å². The molecule has 0 radical (unpaired) electrons. The van der Waals surface area contributed by atoms with E-state index >= 15 is 0 Å². The second-order valence-corrected chi connectivity index (χ2v) is 4.63. The number of ether oxygens (including phenoxy) is 1. The van der Waals surface area contributed by atoms with Gasteiger partial charge in [-0.15, -0.1) is 0 Å². The maximum absolute atomic E-state index is 12.1. The molecule has 3 rings (SSSR count). The zero-order valence-corrected chi connectivity index (χ0v) is 10.1. The van der Waals surface area contributed by atoms with Crippen LogP contribution < -0.4 is 15.4 Å². The lowest BCUT2D eigenvalue weighted by atomic mass is 10.2. The number of hydrogen-bond donors (Lipinski definition) is 2. The Hall–Kier alpha value is -1.97. The van der Waals surface area contributed by atoms with Crippen LogP contribution in [-0.4, -0.2) is 24.6 Å². The van der Waals surface area contributed by atoms with E-state index in [9.17, 15) is 4.79 Å². The van der Waals surface area contributed by atoms with Crippen LogP contribution in [-0.2, 0) is 4.79 Å². The van der Waals surface area contributed by atoms with Crippen molar-refractivity contribution >= 4 is 11.6 Å². The Morgan fingerprint density at radius 1 is 1.28 bits per heavy atom. The highest BCUT2D eigenvalue weighted by Crippen LogP contribution is 2.28. The Morgan fingerprint density at radius 2 is 2.06 bits per heavy atom. The molecule has 1 amide bonds. The number of nitrogens with one attached hydrogen (secondary N) is 2. The number of rotatable bonds is 2. The molecular formula is C14H16N2O2. The second kappa shape index (κ2) is 4.72. The van der Waals surface area contributed by atoms with Crippen LogP contribution in [0.25, 0.3) is 0 Å². The summed E-state index contributed by atoms with van der Waals surface area (Å²) in [5, 5.41) is 6.23. The van der Waals surface area contributed by atoms with Crippen LogP contribution >= 0.6 is 0 Å². The number of anilines is 1. The van der Waals surface area contributed by atoms with Crippen molar-refractivity contribution in [3.63, 3.8) is 0 Å². The maximum Gasteiger partial charge on any atom is 0.263 e. The minimum atomic E-state index is -0.444. The first-order valence-corrected chi connectivity index (χ1v) is 6.28. The van der Waals surface area contributed by atoms with Gasteiger partial charge in [-0.2, -0.15) is 0 Å². The summed E-state index contributed by atoms with van der Waals surface area (Å²) in [6.07, 6.45) is 5.59. The highest BCUT2D eigenvalue weighted by molar-refractivity contribution is 5.83. The fraction of sp³-hybridized carbons (Fsp3) is 0.357. The molecule has 0 saturated heterocycles. The van der Waals surface area contributed by atoms with Crippen molar-refractivity contribution in [1.82, 2.24) is 5.32 Å². The van der Waals surface area contributed by atoms with Crippen LogP contribution in [0, 0.1) is 0 Å². The van der Waals surface area contributed by atoms with Gasteiger partial charge in [-0.05, 0) is 25.0 Å². The molecule has 1 aliphatic carbocycles. The van der Waals surface area contributed by atoms with E-state index in [2.05, 4.69) is 22.8 Å². The molecule has 1 aromatic rings. The summed E-state index contributed by atoms with van der Waals surface area (Å²) in [5.41, 5.74) is 0.948. The predicted octanol–water partition coefficient (Wildman–Crippen LogP) is 1.69. The van der Waals surface area contributed by atoms with E-state index in [1.807, 2.05) is 24.3 Å². The van der Waals surface area contributed by atoms with Crippen LogP contribution in [0.1, 0.15) is 12.8 Å². The lowest BCUT2D eigenvalue weighted by Crippen LogP contribution is -2.47. The van der Waals surface area contributed by atoms with Gasteiger partial charge in [0.1, 0.15) is 5.75 Å². The molecule has 2 aliphatic rings. The third-order valence-corrected chi connectivity index (χ3v) is 3.28. The SMILES string of the molecule is O=C(NC1CC=CC1)C1CNc2ccccc2O1. The summed E-state index contributed by atoms with van der Waals surface area (Å²) in [6, 6.07) is 7.91. The van der Waals surface area contributed by atoms with Gasteiger partial charge in [0.15, 0.2) is 6.10 Å². The maximum atomic E-state index is 12.1. The Bertz CT molecular complexity index is 476. The number of carbonyl (C=O) groups excluding carboxylic acids is 1.